The first-order valence-electron chi connectivity index (χ1n) is 8.53. The van der Waals surface area contributed by atoms with Crippen LogP contribution in [0.15, 0.2) is 44.6 Å². The van der Waals surface area contributed by atoms with Gasteiger partial charge in [0.05, 0.1) is 11.0 Å². The van der Waals surface area contributed by atoms with E-state index in [0.717, 1.165) is 0 Å². The van der Waals surface area contributed by atoms with Crippen LogP contribution < -0.4 is 15.4 Å². The van der Waals surface area contributed by atoms with Crippen molar-refractivity contribution in [2.45, 2.75) is 26.5 Å². The Morgan fingerprint density at radius 2 is 2.14 bits per heavy atom. The molecule has 1 atom stereocenters. The molecule has 0 bridgehead atoms. The van der Waals surface area contributed by atoms with Crippen molar-refractivity contribution in [3.8, 4) is 17.2 Å². The summed E-state index contributed by atoms with van der Waals surface area (Å²) >= 11 is 10.5. The van der Waals surface area contributed by atoms with Gasteiger partial charge in [-0.3, -0.25) is 14.9 Å². The highest BCUT2D eigenvalue weighted by molar-refractivity contribution is 9.10. The van der Waals surface area contributed by atoms with E-state index in [9.17, 15) is 9.59 Å². The molecule has 3 aromatic rings. The molecule has 0 radical (unpaired) electrons. The van der Waals surface area contributed by atoms with Gasteiger partial charge in [0.25, 0.3) is 5.91 Å². The lowest BCUT2D eigenvalue weighted by Gasteiger charge is -2.15. The van der Waals surface area contributed by atoms with E-state index >= 15 is 0 Å². The molecule has 1 aromatic carbocycles. The Morgan fingerprint density at radius 3 is 2.86 bits per heavy atom. The first-order valence-corrected chi connectivity index (χ1v) is 10.6. The van der Waals surface area contributed by atoms with Gasteiger partial charge in [-0.25, -0.2) is 4.98 Å². The molecule has 152 valence electrons. The highest BCUT2D eigenvalue weighted by atomic mass is 79.9. The fourth-order valence-electron chi connectivity index (χ4n) is 2.29. The van der Waals surface area contributed by atoms with Gasteiger partial charge in [0, 0.05) is 17.3 Å². The molecule has 0 aliphatic heterocycles. The number of hydrogen-bond acceptors (Lipinski definition) is 6. The molecule has 0 aliphatic rings. The van der Waals surface area contributed by atoms with E-state index in [4.69, 9.17) is 20.8 Å². The standard InChI is InChI=1S/C19H17BrClN3O4S/c1-10(27-16-5-3-12(21)7-14(16)20)18(26)24-19-23-15(9-29-19)17-6-4-13(28-17)8-22-11(2)25/h3-7,9-10H,8H2,1-2H3,(H,22,25)(H,23,24,26). The smallest absolute Gasteiger partial charge is 0.266 e. The Morgan fingerprint density at radius 1 is 1.34 bits per heavy atom. The van der Waals surface area contributed by atoms with E-state index < -0.39 is 6.10 Å². The van der Waals surface area contributed by atoms with E-state index in [2.05, 4.69) is 31.5 Å². The highest BCUT2D eigenvalue weighted by Crippen LogP contribution is 2.29. The lowest BCUT2D eigenvalue weighted by Crippen LogP contribution is -2.30. The van der Waals surface area contributed by atoms with Crippen LogP contribution in [0.2, 0.25) is 5.02 Å². The molecular weight excluding hydrogens is 482 g/mol. The van der Waals surface area contributed by atoms with Gasteiger partial charge in [0.1, 0.15) is 17.2 Å². The van der Waals surface area contributed by atoms with Gasteiger partial charge >= 0.3 is 0 Å². The number of nitrogens with one attached hydrogen (secondary N) is 2. The van der Waals surface area contributed by atoms with E-state index in [1.165, 1.54) is 18.3 Å². The van der Waals surface area contributed by atoms with Crippen molar-refractivity contribution < 1.29 is 18.7 Å². The van der Waals surface area contributed by atoms with Gasteiger partial charge in [-0.1, -0.05) is 11.6 Å². The third kappa shape index (κ3) is 5.81. The number of halogens is 2. The number of ether oxygens (including phenoxy) is 1. The summed E-state index contributed by atoms with van der Waals surface area (Å²) in [5.41, 5.74) is 0.591. The summed E-state index contributed by atoms with van der Waals surface area (Å²) in [6, 6.07) is 8.60. The summed E-state index contributed by atoms with van der Waals surface area (Å²) in [5, 5.41) is 8.17. The predicted octanol–water partition coefficient (Wildman–Crippen LogP) is 4.86. The monoisotopic (exact) mass is 497 g/mol. The molecule has 0 aliphatic carbocycles. The zero-order valence-electron chi connectivity index (χ0n) is 15.5. The Hall–Kier alpha value is -2.36. The third-order valence-electron chi connectivity index (χ3n) is 3.73. The van der Waals surface area contributed by atoms with Crippen LogP contribution in [-0.2, 0) is 16.1 Å². The maximum Gasteiger partial charge on any atom is 0.266 e. The number of furan rings is 1. The van der Waals surface area contributed by atoms with Crippen molar-refractivity contribution in [3.63, 3.8) is 0 Å². The minimum Gasteiger partial charge on any atom is -0.480 e. The first-order chi connectivity index (χ1) is 13.8. The summed E-state index contributed by atoms with van der Waals surface area (Å²) < 4.78 is 12.0. The Balaban J connectivity index is 1.60. The van der Waals surface area contributed by atoms with Gasteiger partial charge in [0.15, 0.2) is 17.0 Å². The van der Waals surface area contributed by atoms with Crippen LogP contribution in [0.5, 0.6) is 5.75 Å². The Bertz CT molecular complexity index is 1040. The van der Waals surface area contributed by atoms with Crippen LogP contribution in [-0.4, -0.2) is 22.9 Å². The van der Waals surface area contributed by atoms with Crippen molar-refractivity contribution in [1.82, 2.24) is 10.3 Å². The number of benzene rings is 1. The first kappa shape index (κ1) is 21.4. The number of thiazole rings is 1. The summed E-state index contributed by atoms with van der Waals surface area (Å²) in [6.07, 6.45) is -0.743. The van der Waals surface area contributed by atoms with E-state index in [0.29, 0.717) is 44.1 Å². The molecule has 10 heteroatoms. The SMILES string of the molecule is CC(=O)NCc1ccc(-c2csc(NC(=O)C(C)Oc3ccc(Cl)cc3Br)n2)o1. The average molecular weight is 499 g/mol. The van der Waals surface area contributed by atoms with Crippen molar-refractivity contribution in [2.75, 3.05) is 5.32 Å². The fraction of sp³-hybridized carbons (Fsp3) is 0.211. The van der Waals surface area contributed by atoms with Crippen LogP contribution in [0.3, 0.4) is 0 Å². The van der Waals surface area contributed by atoms with Gasteiger partial charge in [-0.15, -0.1) is 11.3 Å². The lowest BCUT2D eigenvalue weighted by atomic mass is 10.3. The van der Waals surface area contributed by atoms with E-state index in [1.807, 2.05) is 0 Å². The summed E-state index contributed by atoms with van der Waals surface area (Å²) in [7, 11) is 0. The zero-order chi connectivity index (χ0) is 21.0. The number of hydrogen-bond donors (Lipinski definition) is 2. The average Bonchev–Trinajstić information content (AvgIpc) is 3.31. The number of amides is 2. The van der Waals surface area contributed by atoms with E-state index in [-0.39, 0.29) is 11.8 Å². The second kappa shape index (κ2) is 9.43. The van der Waals surface area contributed by atoms with Crippen molar-refractivity contribution in [3.05, 3.63) is 51.0 Å². The number of carbonyl (C=O) groups is 2. The molecule has 0 spiro atoms. The van der Waals surface area contributed by atoms with Crippen LogP contribution in [0.25, 0.3) is 11.5 Å². The topological polar surface area (TPSA) is 93.5 Å². The molecule has 0 saturated heterocycles. The molecule has 2 amide bonds. The number of aromatic nitrogens is 1. The van der Waals surface area contributed by atoms with Crippen LogP contribution in [0, 0.1) is 0 Å². The highest BCUT2D eigenvalue weighted by Gasteiger charge is 2.18. The number of nitrogens with zero attached hydrogens (tertiary/aromatic N) is 1. The fourth-order valence-corrected chi connectivity index (χ4v) is 3.77. The quantitative estimate of drug-likeness (QED) is 0.485. The molecule has 0 saturated carbocycles. The van der Waals surface area contributed by atoms with E-state index in [1.54, 1.807) is 42.6 Å². The summed E-state index contributed by atoms with van der Waals surface area (Å²) in [6.45, 7) is 3.39. The molecule has 2 N–H and O–H groups in total. The molecular formula is C19H17BrClN3O4S. The van der Waals surface area contributed by atoms with Crippen LogP contribution in [0.1, 0.15) is 19.6 Å². The van der Waals surface area contributed by atoms with Crippen LogP contribution in [0.4, 0.5) is 5.13 Å². The van der Waals surface area contributed by atoms with Crippen molar-refractivity contribution in [2.24, 2.45) is 0 Å². The second-order valence-corrected chi connectivity index (χ2v) is 8.19. The molecule has 1 unspecified atom stereocenters. The normalized spacial score (nSPS) is 11.7. The lowest BCUT2D eigenvalue weighted by molar-refractivity contribution is -0.122. The second-order valence-electron chi connectivity index (χ2n) is 6.04. The minimum absolute atomic E-state index is 0.136. The minimum atomic E-state index is -0.743. The molecule has 2 aromatic heterocycles. The number of rotatable bonds is 7. The molecule has 29 heavy (non-hydrogen) atoms. The van der Waals surface area contributed by atoms with Crippen molar-refractivity contribution >= 4 is 55.8 Å². The van der Waals surface area contributed by atoms with Crippen LogP contribution >= 0.6 is 38.9 Å². The largest absolute Gasteiger partial charge is 0.480 e. The molecule has 3 rings (SSSR count). The van der Waals surface area contributed by atoms with Crippen molar-refractivity contribution in [1.29, 1.82) is 0 Å². The third-order valence-corrected chi connectivity index (χ3v) is 5.34. The number of carbonyl (C=O) groups excluding carboxylic acids is 2. The summed E-state index contributed by atoms with van der Waals surface area (Å²) in [5.74, 6) is 1.21. The van der Waals surface area contributed by atoms with Gasteiger partial charge in [0.2, 0.25) is 5.91 Å². The molecule has 2 heterocycles. The predicted molar refractivity (Wildman–Crippen MR) is 115 cm³/mol. The Labute approximate surface area is 184 Å². The zero-order valence-corrected chi connectivity index (χ0v) is 18.7. The maximum absolute atomic E-state index is 12.4. The molecule has 7 nitrogen and oxygen atoms in total. The van der Waals surface area contributed by atoms with Gasteiger partial charge < -0.3 is 14.5 Å². The summed E-state index contributed by atoms with van der Waals surface area (Å²) in [4.78, 5) is 27.8. The number of anilines is 1. The molecule has 0 fully saturated rings. The van der Waals surface area contributed by atoms with Gasteiger partial charge in [-0.2, -0.15) is 0 Å². The van der Waals surface area contributed by atoms with Gasteiger partial charge in [-0.05, 0) is 53.2 Å². The maximum atomic E-state index is 12.4. The Kier molecular flexibility index (Phi) is 6.94.